The largest absolute Gasteiger partial charge is 0.478 e. The lowest BCUT2D eigenvalue weighted by Gasteiger charge is -1.76. The molecule has 0 aromatic carbocycles. The number of nitriles is 1. The van der Waals surface area contributed by atoms with Gasteiger partial charge in [-0.2, -0.15) is 5.26 Å². The zero-order valence-electron chi connectivity index (χ0n) is 4.75. The van der Waals surface area contributed by atoms with E-state index >= 15 is 0 Å². The topological polar surface area (TPSA) is 70.1 Å². The molecule has 9 heavy (non-hydrogen) atoms. The summed E-state index contributed by atoms with van der Waals surface area (Å²) in [6.45, 7) is 1.59. The van der Waals surface area contributed by atoms with Gasteiger partial charge in [-0.3, -0.25) is 0 Å². The minimum Gasteiger partial charge on any atom is -0.478 e. The summed E-state index contributed by atoms with van der Waals surface area (Å²) < 4.78 is 4.27. The second-order valence-electron chi connectivity index (χ2n) is 1.56. The number of aryl methyl sites for hydroxylation is 1. The molecule has 0 atom stereocenters. The van der Waals surface area contributed by atoms with E-state index in [0.29, 0.717) is 5.69 Å². The first-order chi connectivity index (χ1) is 4.25. The maximum absolute atomic E-state index is 8.68. The van der Waals surface area contributed by atoms with Crippen molar-refractivity contribution >= 4 is 0 Å². The van der Waals surface area contributed by atoms with Gasteiger partial charge in [0.2, 0.25) is 0 Å². The van der Waals surface area contributed by atoms with Gasteiger partial charge in [0.1, 0.15) is 11.8 Å². The van der Waals surface area contributed by atoms with Gasteiger partial charge in [-0.05, 0) is 6.92 Å². The molecule has 1 aromatic rings. The van der Waals surface area contributed by atoms with Gasteiger partial charge in [-0.25, -0.2) is 0 Å². The summed E-state index contributed by atoms with van der Waals surface area (Å²) in [6.07, 6.45) is 0. The fourth-order valence-corrected chi connectivity index (χ4v) is 0.486. The second-order valence-corrected chi connectivity index (χ2v) is 1.56. The molecule has 1 N–H and O–H groups in total. The summed E-state index contributed by atoms with van der Waals surface area (Å²) >= 11 is 0. The Labute approximate surface area is 51.3 Å². The summed E-state index contributed by atoms with van der Waals surface area (Å²) in [5.74, 6) is -0.407. The van der Waals surface area contributed by atoms with Gasteiger partial charge in [-0.15, -0.1) is 0 Å². The highest BCUT2D eigenvalue weighted by Gasteiger charge is 2.08. The molecule has 0 aliphatic heterocycles. The lowest BCUT2D eigenvalue weighted by atomic mass is 10.3. The zero-order valence-corrected chi connectivity index (χ0v) is 4.75. The molecule has 0 fully saturated rings. The van der Waals surface area contributed by atoms with Gasteiger partial charge in [0.05, 0.1) is 0 Å². The first-order valence-electron chi connectivity index (χ1n) is 2.31. The van der Waals surface area contributed by atoms with Gasteiger partial charge in [-0.1, -0.05) is 5.16 Å². The number of nitrogens with zero attached hydrogens (tertiary/aromatic N) is 2. The molecule has 0 bridgehead atoms. The van der Waals surface area contributed by atoms with E-state index in [9.17, 15) is 0 Å². The summed E-state index contributed by atoms with van der Waals surface area (Å²) in [5, 5.41) is 20.3. The van der Waals surface area contributed by atoms with E-state index in [1.807, 2.05) is 0 Å². The van der Waals surface area contributed by atoms with Crippen molar-refractivity contribution in [3.8, 4) is 12.0 Å². The lowest BCUT2D eigenvalue weighted by Crippen LogP contribution is -1.73. The fourth-order valence-electron chi connectivity index (χ4n) is 0.486. The van der Waals surface area contributed by atoms with Crippen molar-refractivity contribution in [1.29, 1.82) is 5.26 Å². The third kappa shape index (κ3) is 0.722. The molecular formula is C5H4N2O2. The lowest BCUT2D eigenvalue weighted by molar-refractivity contribution is 0.276. The zero-order chi connectivity index (χ0) is 6.85. The van der Waals surface area contributed by atoms with E-state index in [-0.39, 0.29) is 5.56 Å². The molecule has 0 saturated carbocycles. The van der Waals surface area contributed by atoms with Crippen LogP contribution >= 0.6 is 0 Å². The van der Waals surface area contributed by atoms with Gasteiger partial charge in [0.25, 0.3) is 0 Å². The maximum atomic E-state index is 8.68. The molecule has 0 amide bonds. The predicted octanol–water partition coefficient (Wildman–Crippen LogP) is 0.560. The summed E-state index contributed by atoms with van der Waals surface area (Å²) in [4.78, 5) is 0. The van der Waals surface area contributed by atoms with Crippen LogP contribution in [0.25, 0.3) is 0 Å². The summed E-state index contributed by atoms with van der Waals surface area (Å²) in [7, 11) is 0. The van der Waals surface area contributed by atoms with Crippen LogP contribution in [0, 0.1) is 18.3 Å². The second kappa shape index (κ2) is 1.78. The smallest absolute Gasteiger partial charge is 0.327 e. The number of aromatic hydroxyl groups is 1. The third-order valence-corrected chi connectivity index (χ3v) is 0.957. The SMILES string of the molecule is Cc1noc(O)c1C#N. The van der Waals surface area contributed by atoms with Crippen LogP contribution in [0.5, 0.6) is 5.95 Å². The first kappa shape index (κ1) is 5.63. The first-order valence-corrected chi connectivity index (χ1v) is 2.31. The van der Waals surface area contributed by atoms with Crippen molar-refractivity contribution in [2.24, 2.45) is 0 Å². The Balaban J connectivity index is 3.27. The van der Waals surface area contributed by atoms with Crippen molar-refractivity contribution in [3.05, 3.63) is 11.3 Å². The van der Waals surface area contributed by atoms with Crippen LogP contribution in [-0.4, -0.2) is 10.3 Å². The molecule has 1 rings (SSSR count). The van der Waals surface area contributed by atoms with Crippen molar-refractivity contribution < 1.29 is 9.63 Å². The highest BCUT2D eigenvalue weighted by molar-refractivity contribution is 5.37. The van der Waals surface area contributed by atoms with Crippen molar-refractivity contribution in [3.63, 3.8) is 0 Å². The molecule has 4 heteroatoms. The normalized spacial score (nSPS) is 8.89. The quantitative estimate of drug-likeness (QED) is 0.548. The van der Waals surface area contributed by atoms with E-state index in [4.69, 9.17) is 10.4 Å². The highest BCUT2D eigenvalue weighted by Crippen LogP contribution is 2.17. The standard InChI is InChI=1S/C5H4N2O2/c1-3-4(2-6)5(8)9-7-3/h8H,1H3. The molecular weight excluding hydrogens is 120 g/mol. The Hall–Kier alpha value is -1.50. The Bertz CT molecular complexity index is 239. The van der Waals surface area contributed by atoms with Gasteiger partial charge in [0.15, 0.2) is 5.56 Å². The van der Waals surface area contributed by atoms with Crippen LogP contribution < -0.4 is 0 Å². The minimum absolute atomic E-state index is 0.106. The molecule has 4 nitrogen and oxygen atoms in total. The molecule has 1 heterocycles. The molecule has 1 aromatic heterocycles. The van der Waals surface area contributed by atoms with Gasteiger partial charge < -0.3 is 9.63 Å². The van der Waals surface area contributed by atoms with Gasteiger partial charge >= 0.3 is 5.95 Å². The Kier molecular flexibility index (Phi) is 1.12. The molecule has 0 saturated heterocycles. The van der Waals surface area contributed by atoms with E-state index in [1.54, 1.807) is 13.0 Å². The average molecular weight is 124 g/mol. The van der Waals surface area contributed by atoms with Crippen LogP contribution in [0.15, 0.2) is 4.52 Å². The van der Waals surface area contributed by atoms with Crippen LogP contribution in [-0.2, 0) is 0 Å². The van der Waals surface area contributed by atoms with Crippen LogP contribution in [0.4, 0.5) is 0 Å². The Morgan fingerprint density at radius 1 is 1.78 bits per heavy atom. The van der Waals surface area contributed by atoms with E-state index in [2.05, 4.69) is 9.68 Å². The summed E-state index contributed by atoms with van der Waals surface area (Å²) in [6, 6.07) is 1.74. The van der Waals surface area contributed by atoms with E-state index < -0.39 is 5.95 Å². The minimum atomic E-state index is -0.407. The van der Waals surface area contributed by atoms with Crippen LogP contribution in [0.3, 0.4) is 0 Å². The van der Waals surface area contributed by atoms with Crippen LogP contribution in [0.1, 0.15) is 11.3 Å². The number of rotatable bonds is 0. The predicted molar refractivity (Wildman–Crippen MR) is 27.6 cm³/mol. The van der Waals surface area contributed by atoms with Crippen molar-refractivity contribution in [2.45, 2.75) is 6.92 Å². The number of aromatic nitrogens is 1. The molecule has 0 spiro atoms. The van der Waals surface area contributed by atoms with Crippen molar-refractivity contribution in [2.75, 3.05) is 0 Å². The van der Waals surface area contributed by atoms with Crippen LogP contribution in [0.2, 0.25) is 0 Å². The molecule has 0 radical (unpaired) electrons. The van der Waals surface area contributed by atoms with E-state index in [0.717, 1.165) is 0 Å². The Morgan fingerprint density at radius 2 is 2.44 bits per heavy atom. The molecule has 0 aliphatic rings. The van der Waals surface area contributed by atoms with Gasteiger partial charge in [0, 0.05) is 0 Å². The Morgan fingerprint density at radius 3 is 2.67 bits per heavy atom. The average Bonchev–Trinajstić information content (AvgIpc) is 2.12. The molecule has 0 aliphatic carbocycles. The number of hydrogen-bond acceptors (Lipinski definition) is 4. The molecule has 0 unspecified atom stereocenters. The number of hydrogen-bond donors (Lipinski definition) is 1. The maximum Gasteiger partial charge on any atom is 0.327 e. The van der Waals surface area contributed by atoms with Crippen molar-refractivity contribution in [1.82, 2.24) is 5.16 Å². The van der Waals surface area contributed by atoms with E-state index in [1.165, 1.54) is 0 Å². The highest BCUT2D eigenvalue weighted by atomic mass is 16.5. The molecule has 46 valence electrons. The fraction of sp³-hybridized carbons (Fsp3) is 0.200. The third-order valence-electron chi connectivity index (χ3n) is 0.957. The monoisotopic (exact) mass is 124 g/mol. The summed E-state index contributed by atoms with van der Waals surface area (Å²) in [5.41, 5.74) is 0.519.